The predicted molar refractivity (Wildman–Crippen MR) is 98.9 cm³/mol. The third kappa shape index (κ3) is 3.22. The third-order valence-electron chi connectivity index (χ3n) is 5.50. The summed E-state index contributed by atoms with van der Waals surface area (Å²) >= 11 is 6.31. The van der Waals surface area contributed by atoms with Crippen molar-refractivity contribution in [2.75, 3.05) is 13.1 Å². The second-order valence-corrected chi connectivity index (χ2v) is 9.40. The molecule has 1 saturated carbocycles. The van der Waals surface area contributed by atoms with Crippen molar-refractivity contribution >= 4 is 21.6 Å². The molecule has 8 heteroatoms. The van der Waals surface area contributed by atoms with Gasteiger partial charge in [-0.3, -0.25) is 0 Å². The number of benzene rings is 1. The molecule has 4 rings (SSSR count). The Morgan fingerprint density at radius 3 is 2.52 bits per heavy atom. The number of nitrogens with zero attached hydrogens (tertiary/aromatic N) is 3. The van der Waals surface area contributed by atoms with E-state index < -0.39 is 15.8 Å². The summed E-state index contributed by atoms with van der Waals surface area (Å²) in [6, 6.07) is 8.68. The van der Waals surface area contributed by atoms with Crippen LogP contribution in [-0.2, 0) is 10.0 Å². The monoisotopic (exact) mass is 405 g/mol. The quantitative estimate of drug-likeness (QED) is 0.777. The molecule has 1 aliphatic carbocycles. The van der Waals surface area contributed by atoms with E-state index in [1.165, 1.54) is 24.6 Å². The zero-order valence-electron chi connectivity index (χ0n) is 14.4. The van der Waals surface area contributed by atoms with E-state index in [2.05, 4.69) is 4.98 Å². The van der Waals surface area contributed by atoms with Crippen LogP contribution in [0.2, 0.25) is 5.02 Å². The van der Waals surface area contributed by atoms with Crippen molar-refractivity contribution < 1.29 is 12.8 Å². The number of halogens is 2. The molecule has 2 unspecified atom stereocenters. The molecule has 2 fully saturated rings. The van der Waals surface area contributed by atoms with Crippen molar-refractivity contribution in [3.63, 3.8) is 0 Å². The van der Waals surface area contributed by atoms with Gasteiger partial charge in [-0.15, -0.1) is 0 Å². The lowest BCUT2D eigenvalue weighted by Crippen LogP contribution is -2.29. The van der Waals surface area contributed by atoms with Crippen molar-refractivity contribution in [3.05, 3.63) is 46.9 Å². The molecule has 27 heavy (non-hydrogen) atoms. The fourth-order valence-electron chi connectivity index (χ4n) is 4.07. The molecule has 0 amide bonds. The first-order valence-corrected chi connectivity index (χ1v) is 10.6. The van der Waals surface area contributed by atoms with Gasteiger partial charge in [0, 0.05) is 18.7 Å². The Morgan fingerprint density at radius 1 is 1.19 bits per heavy atom. The minimum atomic E-state index is -3.61. The summed E-state index contributed by atoms with van der Waals surface area (Å²) in [5.74, 6) is 0.209. The fraction of sp³-hybridized carbons (Fsp3) is 0.368. The molecule has 1 saturated heterocycles. The number of sulfonamides is 1. The van der Waals surface area contributed by atoms with Crippen molar-refractivity contribution in [2.45, 2.75) is 24.2 Å². The maximum absolute atomic E-state index is 13.5. The predicted octanol–water partition coefficient (Wildman–Crippen LogP) is 3.83. The van der Waals surface area contributed by atoms with Crippen LogP contribution in [0.15, 0.2) is 35.2 Å². The molecule has 2 aromatic rings. The first-order valence-electron chi connectivity index (χ1n) is 8.77. The van der Waals surface area contributed by atoms with Gasteiger partial charge in [-0.2, -0.15) is 9.57 Å². The Kier molecular flexibility index (Phi) is 4.66. The van der Waals surface area contributed by atoms with Gasteiger partial charge in [0.25, 0.3) is 0 Å². The van der Waals surface area contributed by atoms with Crippen molar-refractivity contribution in [1.82, 2.24) is 9.29 Å². The average Bonchev–Trinajstić information content (AvgIpc) is 3.24. The van der Waals surface area contributed by atoms with E-state index in [-0.39, 0.29) is 15.6 Å². The van der Waals surface area contributed by atoms with Crippen LogP contribution in [0.25, 0.3) is 11.3 Å². The van der Waals surface area contributed by atoms with Crippen LogP contribution in [0, 0.1) is 29.0 Å². The molecule has 2 heterocycles. The molecule has 0 bridgehead atoms. The topological polar surface area (TPSA) is 74.1 Å². The lowest BCUT2D eigenvalue weighted by atomic mass is 10.0. The summed E-state index contributed by atoms with van der Waals surface area (Å²) in [5.41, 5.74) is 0.437. The van der Waals surface area contributed by atoms with Crippen LogP contribution in [0.3, 0.4) is 0 Å². The van der Waals surface area contributed by atoms with Gasteiger partial charge in [0.2, 0.25) is 10.0 Å². The Bertz CT molecular complexity index is 1040. The summed E-state index contributed by atoms with van der Waals surface area (Å²) in [6.07, 6.45) is 3.36. The summed E-state index contributed by atoms with van der Waals surface area (Å²) in [7, 11) is -3.61. The van der Waals surface area contributed by atoms with Crippen molar-refractivity contribution in [3.8, 4) is 17.3 Å². The van der Waals surface area contributed by atoms with Gasteiger partial charge in [0.05, 0.1) is 15.6 Å². The molecule has 140 valence electrons. The van der Waals surface area contributed by atoms with E-state index >= 15 is 0 Å². The SMILES string of the molecule is N#Cc1nc(-c2ccc(S(=O)(=O)N3CC4CCCC4C3)cc2Cl)ccc1F. The molecule has 2 atom stereocenters. The normalized spacial score (nSPS) is 22.6. The number of nitriles is 1. The Morgan fingerprint density at radius 2 is 1.89 bits per heavy atom. The molecule has 1 aliphatic heterocycles. The number of rotatable bonds is 3. The molecular weight excluding hydrogens is 389 g/mol. The standard InChI is InChI=1S/C19H17ClFN3O2S/c20-16-8-14(27(25,26)24-10-12-2-1-3-13(12)11-24)4-5-15(16)18-7-6-17(21)19(9-22)23-18/h4-8,12-13H,1-3,10-11H2. The van der Waals surface area contributed by atoms with Crippen LogP contribution < -0.4 is 0 Å². The van der Waals surface area contributed by atoms with E-state index in [1.807, 2.05) is 0 Å². The second-order valence-electron chi connectivity index (χ2n) is 7.05. The first-order chi connectivity index (χ1) is 12.9. The van der Waals surface area contributed by atoms with Gasteiger partial charge in [-0.05, 0) is 55.0 Å². The summed E-state index contributed by atoms with van der Waals surface area (Å²) in [4.78, 5) is 4.09. The van der Waals surface area contributed by atoms with Crippen LogP contribution >= 0.6 is 11.6 Å². The molecule has 0 N–H and O–H groups in total. The highest BCUT2D eigenvalue weighted by Crippen LogP contribution is 2.40. The van der Waals surface area contributed by atoms with E-state index in [1.54, 1.807) is 16.4 Å². The van der Waals surface area contributed by atoms with Gasteiger partial charge in [-0.1, -0.05) is 18.0 Å². The van der Waals surface area contributed by atoms with Gasteiger partial charge in [0.1, 0.15) is 6.07 Å². The number of fused-ring (bicyclic) bond motifs is 1. The van der Waals surface area contributed by atoms with Gasteiger partial charge >= 0.3 is 0 Å². The van der Waals surface area contributed by atoms with Crippen molar-refractivity contribution in [2.24, 2.45) is 11.8 Å². The number of aromatic nitrogens is 1. The van der Waals surface area contributed by atoms with E-state index in [4.69, 9.17) is 16.9 Å². The Balaban J connectivity index is 1.65. The minimum Gasteiger partial charge on any atom is -0.234 e. The average molecular weight is 406 g/mol. The van der Waals surface area contributed by atoms with Crippen LogP contribution in [0.5, 0.6) is 0 Å². The summed E-state index contributed by atoms with van der Waals surface area (Å²) in [5, 5.41) is 9.12. The summed E-state index contributed by atoms with van der Waals surface area (Å²) in [6.45, 7) is 1.13. The molecule has 0 spiro atoms. The van der Waals surface area contributed by atoms with Gasteiger partial charge < -0.3 is 0 Å². The highest BCUT2D eigenvalue weighted by Gasteiger charge is 2.41. The zero-order valence-corrected chi connectivity index (χ0v) is 16.0. The minimum absolute atomic E-state index is 0.138. The molecule has 0 radical (unpaired) electrons. The number of pyridine rings is 1. The van der Waals surface area contributed by atoms with Crippen LogP contribution in [0.1, 0.15) is 25.0 Å². The third-order valence-corrected chi connectivity index (χ3v) is 7.64. The maximum atomic E-state index is 13.5. The molecular formula is C19H17ClFN3O2S. The lowest BCUT2D eigenvalue weighted by molar-refractivity contribution is 0.445. The maximum Gasteiger partial charge on any atom is 0.243 e. The highest BCUT2D eigenvalue weighted by molar-refractivity contribution is 7.89. The molecule has 2 aliphatic rings. The van der Waals surface area contributed by atoms with E-state index in [9.17, 15) is 12.8 Å². The van der Waals surface area contributed by atoms with Crippen LogP contribution in [-0.4, -0.2) is 30.8 Å². The van der Waals surface area contributed by atoms with Gasteiger partial charge in [0.15, 0.2) is 11.5 Å². The fourth-order valence-corrected chi connectivity index (χ4v) is 5.99. The summed E-state index contributed by atoms with van der Waals surface area (Å²) < 4.78 is 41.0. The Labute approximate surface area is 162 Å². The first kappa shape index (κ1) is 18.4. The van der Waals surface area contributed by atoms with Crippen LogP contribution in [0.4, 0.5) is 4.39 Å². The van der Waals surface area contributed by atoms with E-state index in [0.29, 0.717) is 36.2 Å². The smallest absolute Gasteiger partial charge is 0.234 e. The highest BCUT2D eigenvalue weighted by atomic mass is 35.5. The zero-order chi connectivity index (χ0) is 19.2. The van der Waals surface area contributed by atoms with Gasteiger partial charge in [-0.25, -0.2) is 17.8 Å². The number of hydrogen-bond acceptors (Lipinski definition) is 4. The second kappa shape index (κ2) is 6.86. The lowest BCUT2D eigenvalue weighted by Gasteiger charge is -2.18. The molecule has 1 aromatic heterocycles. The number of hydrogen-bond donors (Lipinski definition) is 0. The molecule has 5 nitrogen and oxygen atoms in total. The Hall–Kier alpha value is -2.01. The van der Waals surface area contributed by atoms with Crippen molar-refractivity contribution in [1.29, 1.82) is 5.26 Å². The largest absolute Gasteiger partial charge is 0.243 e. The van der Waals surface area contributed by atoms with E-state index in [0.717, 1.165) is 18.9 Å². The molecule has 1 aromatic carbocycles.